The minimum Gasteiger partial charge on any atom is -0.488 e. The van der Waals surface area contributed by atoms with Gasteiger partial charge >= 0.3 is 5.97 Å². The van der Waals surface area contributed by atoms with Crippen molar-refractivity contribution in [2.45, 2.75) is 27.4 Å². The first kappa shape index (κ1) is 15.1. The van der Waals surface area contributed by atoms with Crippen molar-refractivity contribution < 1.29 is 14.3 Å². The lowest BCUT2D eigenvalue weighted by Gasteiger charge is -2.14. The monoisotopic (exact) mass is 284 g/mol. The molecule has 110 valence electrons. The topological polar surface area (TPSA) is 35.5 Å². The van der Waals surface area contributed by atoms with Crippen molar-refractivity contribution in [1.29, 1.82) is 0 Å². The second-order valence-corrected chi connectivity index (χ2v) is 5.13. The van der Waals surface area contributed by atoms with E-state index >= 15 is 0 Å². The second kappa shape index (κ2) is 6.44. The molecule has 0 heterocycles. The van der Waals surface area contributed by atoms with Crippen LogP contribution in [0.15, 0.2) is 36.4 Å². The van der Waals surface area contributed by atoms with Crippen molar-refractivity contribution in [2.75, 3.05) is 7.11 Å². The largest absolute Gasteiger partial charge is 0.488 e. The van der Waals surface area contributed by atoms with E-state index < -0.39 is 0 Å². The lowest BCUT2D eigenvalue weighted by Crippen LogP contribution is -2.03. The SMILES string of the molecule is COC(=O)c1ccc(COc2c(C)ccc(C)c2C)cc1. The van der Waals surface area contributed by atoms with E-state index in [-0.39, 0.29) is 5.97 Å². The van der Waals surface area contributed by atoms with E-state index in [4.69, 9.17) is 4.74 Å². The molecule has 2 aromatic carbocycles. The van der Waals surface area contributed by atoms with Crippen molar-refractivity contribution in [3.8, 4) is 5.75 Å². The van der Waals surface area contributed by atoms with Gasteiger partial charge in [0.15, 0.2) is 0 Å². The molecule has 0 aliphatic carbocycles. The molecule has 0 aliphatic heterocycles. The minimum atomic E-state index is -0.326. The first-order valence-corrected chi connectivity index (χ1v) is 6.89. The van der Waals surface area contributed by atoms with E-state index in [1.807, 2.05) is 19.1 Å². The fraction of sp³-hybridized carbons (Fsp3) is 0.278. The van der Waals surface area contributed by atoms with Crippen LogP contribution < -0.4 is 4.74 Å². The summed E-state index contributed by atoms with van der Waals surface area (Å²) in [5.41, 5.74) is 5.08. The molecule has 0 aliphatic rings. The molecule has 2 aromatic rings. The van der Waals surface area contributed by atoms with Crippen LogP contribution >= 0.6 is 0 Å². The van der Waals surface area contributed by atoms with Crippen LogP contribution in [0, 0.1) is 20.8 Å². The number of methoxy groups -OCH3 is 1. The highest BCUT2D eigenvalue weighted by atomic mass is 16.5. The predicted octanol–water partition coefficient (Wildman–Crippen LogP) is 3.98. The highest BCUT2D eigenvalue weighted by Gasteiger charge is 2.08. The summed E-state index contributed by atoms with van der Waals surface area (Å²) in [6.07, 6.45) is 0. The summed E-state index contributed by atoms with van der Waals surface area (Å²) in [5, 5.41) is 0. The van der Waals surface area contributed by atoms with Crippen molar-refractivity contribution in [3.63, 3.8) is 0 Å². The quantitative estimate of drug-likeness (QED) is 0.797. The number of ether oxygens (including phenoxy) is 2. The van der Waals surface area contributed by atoms with Crippen molar-refractivity contribution in [1.82, 2.24) is 0 Å². The average Bonchev–Trinajstić information content (AvgIpc) is 2.51. The van der Waals surface area contributed by atoms with E-state index in [0.717, 1.165) is 16.9 Å². The smallest absolute Gasteiger partial charge is 0.337 e. The van der Waals surface area contributed by atoms with Gasteiger partial charge in [0.25, 0.3) is 0 Å². The number of benzene rings is 2. The van der Waals surface area contributed by atoms with Crippen LogP contribution in [0.2, 0.25) is 0 Å². The molecule has 0 N–H and O–H groups in total. The fourth-order valence-corrected chi connectivity index (χ4v) is 2.16. The van der Waals surface area contributed by atoms with E-state index in [1.165, 1.54) is 18.2 Å². The van der Waals surface area contributed by atoms with Gasteiger partial charge in [0.1, 0.15) is 12.4 Å². The second-order valence-electron chi connectivity index (χ2n) is 5.13. The van der Waals surface area contributed by atoms with Gasteiger partial charge in [0.2, 0.25) is 0 Å². The molecule has 0 aromatic heterocycles. The number of carbonyl (C=O) groups excluding carboxylic acids is 1. The molecule has 0 fully saturated rings. The standard InChI is InChI=1S/C18H20O3/c1-12-5-6-13(2)17(14(12)3)21-11-15-7-9-16(10-8-15)18(19)20-4/h5-10H,11H2,1-4H3. The van der Waals surface area contributed by atoms with Gasteiger partial charge in [-0.1, -0.05) is 24.3 Å². The number of rotatable bonds is 4. The Hall–Kier alpha value is -2.29. The Labute approximate surface area is 125 Å². The Kier molecular flexibility index (Phi) is 4.63. The third-order valence-corrected chi connectivity index (χ3v) is 3.63. The van der Waals surface area contributed by atoms with Gasteiger partial charge in [-0.05, 0) is 55.2 Å². The van der Waals surface area contributed by atoms with Gasteiger partial charge in [-0.2, -0.15) is 0 Å². The number of aryl methyl sites for hydroxylation is 2. The van der Waals surface area contributed by atoms with Gasteiger partial charge in [-0.15, -0.1) is 0 Å². The highest BCUT2D eigenvalue weighted by molar-refractivity contribution is 5.89. The van der Waals surface area contributed by atoms with Crippen LogP contribution in [0.4, 0.5) is 0 Å². The van der Waals surface area contributed by atoms with Gasteiger partial charge in [-0.3, -0.25) is 0 Å². The molecule has 0 spiro atoms. The Bertz CT molecular complexity index is 642. The van der Waals surface area contributed by atoms with Crippen molar-refractivity contribution >= 4 is 5.97 Å². The first-order chi connectivity index (χ1) is 10.0. The highest BCUT2D eigenvalue weighted by Crippen LogP contribution is 2.26. The maximum absolute atomic E-state index is 11.4. The van der Waals surface area contributed by atoms with E-state index in [1.54, 1.807) is 12.1 Å². The summed E-state index contributed by atoms with van der Waals surface area (Å²) in [7, 11) is 1.38. The van der Waals surface area contributed by atoms with Crippen LogP contribution in [0.3, 0.4) is 0 Å². The Morgan fingerprint density at radius 2 is 1.57 bits per heavy atom. The molecule has 0 bridgehead atoms. The predicted molar refractivity (Wildman–Crippen MR) is 82.8 cm³/mol. The molecule has 0 saturated heterocycles. The van der Waals surface area contributed by atoms with Crippen LogP contribution in [-0.4, -0.2) is 13.1 Å². The molecule has 0 unspecified atom stereocenters. The van der Waals surface area contributed by atoms with Crippen molar-refractivity contribution in [2.24, 2.45) is 0 Å². The molecular formula is C18H20O3. The molecule has 0 saturated carbocycles. The summed E-state index contributed by atoms with van der Waals surface area (Å²) < 4.78 is 10.6. The molecule has 21 heavy (non-hydrogen) atoms. The van der Waals surface area contributed by atoms with Gasteiger partial charge in [-0.25, -0.2) is 4.79 Å². The molecule has 2 rings (SSSR count). The zero-order valence-corrected chi connectivity index (χ0v) is 12.9. The van der Waals surface area contributed by atoms with Crippen molar-refractivity contribution in [3.05, 3.63) is 64.2 Å². The maximum atomic E-state index is 11.4. The molecule has 0 radical (unpaired) electrons. The Morgan fingerprint density at radius 3 is 2.19 bits per heavy atom. The number of hydrogen-bond acceptors (Lipinski definition) is 3. The van der Waals surface area contributed by atoms with Gasteiger partial charge in [0, 0.05) is 0 Å². The number of carbonyl (C=O) groups is 1. The summed E-state index contributed by atoms with van der Waals surface area (Å²) in [4.78, 5) is 11.4. The van der Waals surface area contributed by atoms with Crippen LogP contribution in [0.1, 0.15) is 32.6 Å². The van der Waals surface area contributed by atoms with Gasteiger partial charge < -0.3 is 9.47 Å². The molecule has 0 amide bonds. The van der Waals surface area contributed by atoms with E-state index in [0.29, 0.717) is 12.2 Å². The zero-order valence-electron chi connectivity index (χ0n) is 12.9. The third-order valence-electron chi connectivity index (χ3n) is 3.63. The lowest BCUT2D eigenvalue weighted by molar-refractivity contribution is 0.0600. The van der Waals surface area contributed by atoms with Crippen LogP contribution in [-0.2, 0) is 11.3 Å². The molecular weight excluding hydrogens is 264 g/mol. The average molecular weight is 284 g/mol. The first-order valence-electron chi connectivity index (χ1n) is 6.89. The third kappa shape index (κ3) is 3.43. The fourth-order valence-electron chi connectivity index (χ4n) is 2.16. The normalized spacial score (nSPS) is 10.3. The van der Waals surface area contributed by atoms with Crippen LogP contribution in [0.25, 0.3) is 0 Å². The summed E-state index contributed by atoms with van der Waals surface area (Å²) >= 11 is 0. The summed E-state index contributed by atoms with van der Waals surface area (Å²) in [6, 6.07) is 11.4. The number of hydrogen-bond donors (Lipinski definition) is 0. The Balaban J connectivity index is 2.10. The van der Waals surface area contributed by atoms with Crippen LogP contribution in [0.5, 0.6) is 5.75 Å². The summed E-state index contributed by atoms with van der Waals surface area (Å²) in [5.74, 6) is 0.611. The molecule has 0 atom stereocenters. The Morgan fingerprint density at radius 1 is 0.952 bits per heavy atom. The zero-order chi connectivity index (χ0) is 15.4. The van der Waals surface area contributed by atoms with E-state index in [9.17, 15) is 4.79 Å². The van der Waals surface area contributed by atoms with Gasteiger partial charge in [0.05, 0.1) is 12.7 Å². The maximum Gasteiger partial charge on any atom is 0.337 e. The van der Waals surface area contributed by atoms with E-state index in [2.05, 4.69) is 30.7 Å². The minimum absolute atomic E-state index is 0.326. The molecule has 3 nitrogen and oxygen atoms in total. The number of esters is 1. The molecule has 3 heteroatoms. The lowest BCUT2D eigenvalue weighted by atomic mass is 10.1. The summed E-state index contributed by atoms with van der Waals surface area (Å²) in [6.45, 7) is 6.67.